The molecule has 4 heterocycles. The molecule has 8 nitrogen and oxygen atoms in total. The SMILES string of the molecule is O=c1nc(OCc2cc(F)c(Oc3cncc(C(F)(F)F)c3)c(F)c2)cc2n1CC1CNCCN21. The number of nitrogens with zero attached hydrogens (tertiary/aromatic N) is 4. The van der Waals surface area contributed by atoms with E-state index >= 15 is 0 Å². The van der Waals surface area contributed by atoms with Gasteiger partial charge in [-0.05, 0) is 23.8 Å². The number of aromatic nitrogens is 3. The predicted octanol–water partition coefficient (Wildman–Crippen LogP) is 3.10. The predicted molar refractivity (Wildman–Crippen MR) is 113 cm³/mol. The van der Waals surface area contributed by atoms with Crippen molar-refractivity contribution in [3.63, 3.8) is 0 Å². The summed E-state index contributed by atoms with van der Waals surface area (Å²) >= 11 is 0. The minimum Gasteiger partial charge on any atom is -0.473 e. The highest BCUT2D eigenvalue weighted by atomic mass is 19.4. The number of piperazine rings is 1. The normalized spacial score (nSPS) is 17.2. The molecule has 1 atom stereocenters. The van der Waals surface area contributed by atoms with Crippen molar-refractivity contribution in [2.75, 3.05) is 24.5 Å². The number of alkyl halides is 3. The van der Waals surface area contributed by atoms with Gasteiger partial charge < -0.3 is 19.7 Å². The fourth-order valence-corrected chi connectivity index (χ4v) is 4.09. The number of pyridine rings is 1. The number of hydrogen-bond donors (Lipinski definition) is 1. The van der Waals surface area contributed by atoms with Gasteiger partial charge in [0.15, 0.2) is 17.4 Å². The van der Waals surface area contributed by atoms with Gasteiger partial charge in [0.1, 0.15) is 18.2 Å². The van der Waals surface area contributed by atoms with Gasteiger partial charge in [-0.25, -0.2) is 13.6 Å². The summed E-state index contributed by atoms with van der Waals surface area (Å²) in [7, 11) is 0. The third-order valence-electron chi connectivity index (χ3n) is 5.71. The van der Waals surface area contributed by atoms with Crippen LogP contribution in [0, 0.1) is 11.6 Å². The number of anilines is 1. The van der Waals surface area contributed by atoms with E-state index in [1.54, 1.807) is 10.6 Å². The monoisotopic (exact) mass is 495 g/mol. The first-order valence-corrected chi connectivity index (χ1v) is 10.6. The molecule has 0 bridgehead atoms. The topological polar surface area (TPSA) is 81.5 Å². The second kappa shape index (κ2) is 8.80. The molecule has 0 saturated carbocycles. The van der Waals surface area contributed by atoms with Gasteiger partial charge in [-0.15, -0.1) is 0 Å². The minimum atomic E-state index is -4.69. The van der Waals surface area contributed by atoms with E-state index in [9.17, 15) is 26.7 Å². The highest BCUT2D eigenvalue weighted by Crippen LogP contribution is 2.34. The van der Waals surface area contributed by atoms with Gasteiger partial charge in [0.2, 0.25) is 5.88 Å². The van der Waals surface area contributed by atoms with Crippen molar-refractivity contribution in [2.45, 2.75) is 25.4 Å². The Kier molecular flexibility index (Phi) is 5.79. The lowest BCUT2D eigenvalue weighted by molar-refractivity contribution is -0.137. The van der Waals surface area contributed by atoms with Crippen molar-refractivity contribution in [3.8, 4) is 17.4 Å². The fourth-order valence-electron chi connectivity index (χ4n) is 4.09. The zero-order chi connectivity index (χ0) is 24.7. The molecular weight excluding hydrogens is 477 g/mol. The first-order chi connectivity index (χ1) is 16.7. The Morgan fingerprint density at radius 2 is 1.89 bits per heavy atom. The zero-order valence-corrected chi connectivity index (χ0v) is 18.0. The van der Waals surface area contributed by atoms with Gasteiger partial charge in [0.05, 0.1) is 24.3 Å². The second-order valence-corrected chi connectivity index (χ2v) is 8.08. The van der Waals surface area contributed by atoms with E-state index < -0.39 is 40.6 Å². The summed E-state index contributed by atoms with van der Waals surface area (Å²) in [6.45, 7) is 2.42. The van der Waals surface area contributed by atoms with Gasteiger partial charge in [-0.3, -0.25) is 9.55 Å². The lowest BCUT2D eigenvalue weighted by Gasteiger charge is -2.31. The van der Waals surface area contributed by atoms with Crippen LogP contribution in [0.15, 0.2) is 41.5 Å². The molecule has 1 unspecified atom stereocenters. The van der Waals surface area contributed by atoms with Crippen molar-refractivity contribution in [2.24, 2.45) is 0 Å². The average Bonchev–Trinajstić information content (AvgIpc) is 3.19. The number of benzene rings is 1. The molecule has 0 aliphatic carbocycles. The molecule has 3 aromatic rings. The molecule has 35 heavy (non-hydrogen) atoms. The number of ether oxygens (including phenoxy) is 2. The molecule has 0 spiro atoms. The Labute approximate surface area is 194 Å². The van der Waals surface area contributed by atoms with Gasteiger partial charge in [-0.2, -0.15) is 18.2 Å². The van der Waals surface area contributed by atoms with Crippen LogP contribution in [0.1, 0.15) is 11.1 Å². The summed E-state index contributed by atoms with van der Waals surface area (Å²) in [6.07, 6.45) is -3.21. The number of rotatable bonds is 5. The summed E-state index contributed by atoms with van der Waals surface area (Å²) in [6, 6.07) is 4.18. The van der Waals surface area contributed by atoms with E-state index in [0.717, 1.165) is 31.4 Å². The van der Waals surface area contributed by atoms with Crippen LogP contribution in [0.3, 0.4) is 0 Å². The van der Waals surface area contributed by atoms with Crippen molar-refractivity contribution in [1.29, 1.82) is 0 Å². The van der Waals surface area contributed by atoms with Gasteiger partial charge in [0, 0.05) is 31.9 Å². The van der Waals surface area contributed by atoms with Crippen LogP contribution in [-0.2, 0) is 19.3 Å². The summed E-state index contributed by atoms with van der Waals surface area (Å²) < 4.78 is 79.7. The maximum absolute atomic E-state index is 14.5. The summed E-state index contributed by atoms with van der Waals surface area (Å²) in [5.41, 5.74) is -1.54. The van der Waals surface area contributed by atoms with E-state index in [4.69, 9.17) is 9.47 Å². The number of halogens is 5. The Bertz CT molecular complexity index is 1310. The Morgan fingerprint density at radius 3 is 2.63 bits per heavy atom. The second-order valence-electron chi connectivity index (χ2n) is 8.08. The molecule has 1 fully saturated rings. The Balaban J connectivity index is 1.31. The van der Waals surface area contributed by atoms with E-state index in [1.807, 2.05) is 0 Å². The molecule has 1 saturated heterocycles. The standard InChI is InChI=1S/C22H18F5N5O3/c23-16-3-12(4-17(24)20(16)35-15-5-13(7-29-9-15)22(25,26)27)11-34-18-6-19-31-2-1-28-8-14(31)10-32(19)21(33)30-18/h3-7,9,14,28H,1-2,8,10-11H2. The minimum absolute atomic E-state index is 0.0108. The molecule has 184 valence electrons. The molecule has 5 rings (SSSR count). The smallest absolute Gasteiger partial charge is 0.418 e. The largest absolute Gasteiger partial charge is 0.473 e. The highest BCUT2D eigenvalue weighted by molar-refractivity contribution is 5.47. The number of fused-ring (bicyclic) bond motifs is 3. The molecule has 13 heteroatoms. The summed E-state index contributed by atoms with van der Waals surface area (Å²) in [5.74, 6) is -2.97. The van der Waals surface area contributed by atoms with Crippen LogP contribution in [-0.4, -0.2) is 40.2 Å². The molecule has 2 aliphatic rings. The zero-order valence-electron chi connectivity index (χ0n) is 18.0. The number of nitrogens with one attached hydrogen (secondary N) is 1. The first-order valence-electron chi connectivity index (χ1n) is 10.6. The Hall–Kier alpha value is -3.74. The fraction of sp³-hybridized carbons (Fsp3) is 0.318. The summed E-state index contributed by atoms with van der Waals surface area (Å²) in [4.78, 5) is 21.8. The van der Waals surface area contributed by atoms with Crippen LogP contribution in [0.25, 0.3) is 0 Å². The molecule has 1 aromatic carbocycles. The third kappa shape index (κ3) is 4.63. The molecule has 2 aliphatic heterocycles. The van der Waals surface area contributed by atoms with Crippen LogP contribution >= 0.6 is 0 Å². The average molecular weight is 495 g/mol. The molecular formula is C22H18F5N5O3. The van der Waals surface area contributed by atoms with Crippen molar-refractivity contribution in [1.82, 2.24) is 19.9 Å². The van der Waals surface area contributed by atoms with E-state index in [2.05, 4.69) is 20.2 Å². The van der Waals surface area contributed by atoms with Crippen molar-refractivity contribution < 1.29 is 31.4 Å². The van der Waals surface area contributed by atoms with E-state index in [-0.39, 0.29) is 24.1 Å². The third-order valence-corrected chi connectivity index (χ3v) is 5.71. The van der Waals surface area contributed by atoms with Crippen molar-refractivity contribution in [3.05, 3.63) is 69.9 Å². The summed E-state index contributed by atoms with van der Waals surface area (Å²) in [5, 5.41) is 3.27. The van der Waals surface area contributed by atoms with Crippen LogP contribution < -0.4 is 25.4 Å². The number of hydrogen-bond acceptors (Lipinski definition) is 7. The molecule has 0 radical (unpaired) electrons. The van der Waals surface area contributed by atoms with Gasteiger partial charge in [-0.1, -0.05) is 0 Å². The quantitative estimate of drug-likeness (QED) is 0.545. The highest BCUT2D eigenvalue weighted by Gasteiger charge is 2.33. The lowest BCUT2D eigenvalue weighted by Crippen LogP contribution is -2.49. The van der Waals surface area contributed by atoms with Gasteiger partial charge in [0.25, 0.3) is 0 Å². The Morgan fingerprint density at radius 1 is 1.11 bits per heavy atom. The molecule has 0 amide bonds. The molecule has 1 N–H and O–H groups in total. The van der Waals surface area contributed by atoms with E-state index in [1.165, 1.54) is 0 Å². The molecule has 2 aromatic heterocycles. The maximum atomic E-state index is 14.5. The van der Waals surface area contributed by atoms with Crippen molar-refractivity contribution >= 4 is 5.82 Å². The van der Waals surface area contributed by atoms with Crippen LogP contribution in [0.4, 0.5) is 27.8 Å². The lowest BCUT2D eigenvalue weighted by atomic mass is 10.2. The van der Waals surface area contributed by atoms with Crippen LogP contribution in [0.5, 0.6) is 17.4 Å². The van der Waals surface area contributed by atoms with E-state index in [0.29, 0.717) is 31.2 Å². The van der Waals surface area contributed by atoms with Crippen LogP contribution in [0.2, 0.25) is 0 Å². The maximum Gasteiger partial charge on any atom is 0.418 e. The first kappa shape index (κ1) is 23.0. The van der Waals surface area contributed by atoms with Gasteiger partial charge >= 0.3 is 11.9 Å².